The molecule has 0 aromatic carbocycles. The second kappa shape index (κ2) is 3.49. The van der Waals surface area contributed by atoms with Crippen LogP contribution < -0.4 is 0 Å². The van der Waals surface area contributed by atoms with E-state index >= 15 is 0 Å². The minimum Gasteiger partial charge on any atom is -0.288 e. The lowest BCUT2D eigenvalue weighted by atomic mass is 10.3. The zero-order valence-electron chi connectivity index (χ0n) is 9.25. The van der Waals surface area contributed by atoms with E-state index in [0.29, 0.717) is 0 Å². The Bertz CT molecular complexity index is 182. The van der Waals surface area contributed by atoms with Gasteiger partial charge in [-0.3, -0.25) is 4.57 Å². The first-order chi connectivity index (χ1) is 5.14. The Hall–Kier alpha value is 0.150. The van der Waals surface area contributed by atoms with Gasteiger partial charge in [0.15, 0.2) is 0 Å². The van der Waals surface area contributed by atoms with E-state index in [1.165, 1.54) is 0 Å². The molecule has 0 heterocycles. The molecule has 0 aromatic rings. The molecule has 0 amide bonds. The number of nitrogens with zero attached hydrogens (tertiary/aromatic N) is 2. The average Bonchev–Trinajstić information content (AvgIpc) is 1.82. The second-order valence-corrected chi connectivity index (χ2v) is 8.44. The van der Waals surface area contributed by atoms with Gasteiger partial charge in [-0.2, -0.15) is 0 Å². The summed E-state index contributed by atoms with van der Waals surface area (Å²) in [6, 6.07) is 0. The van der Waals surface area contributed by atoms with Crippen molar-refractivity contribution in [1.82, 2.24) is 9.34 Å². The van der Waals surface area contributed by atoms with Crippen LogP contribution in [0.5, 0.6) is 0 Å². The van der Waals surface area contributed by atoms with Gasteiger partial charge < -0.3 is 0 Å². The zero-order valence-corrected chi connectivity index (χ0v) is 10.1. The third-order valence-corrected chi connectivity index (χ3v) is 5.87. The Labute approximate surface area is 76.2 Å². The van der Waals surface area contributed by atoms with Crippen molar-refractivity contribution < 1.29 is 4.57 Å². The summed E-state index contributed by atoms with van der Waals surface area (Å²) in [5.74, 6) is 0. The van der Waals surface area contributed by atoms with Crippen molar-refractivity contribution in [3.8, 4) is 0 Å². The summed E-state index contributed by atoms with van der Waals surface area (Å²) >= 11 is 0. The molecule has 0 saturated heterocycles. The first kappa shape index (κ1) is 12.2. The van der Waals surface area contributed by atoms with Crippen LogP contribution in [0.15, 0.2) is 0 Å². The summed E-state index contributed by atoms with van der Waals surface area (Å²) in [6.07, 6.45) is 0. The predicted octanol–water partition coefficient (Wildman–Crippen LogP) is 2.10. The molecule has 0 atom stereocenters. The van der Waals surface area contributed by atoms with Gasteiger partial charge in [-0.15, -0.1) is 0 Å². The highest BCUT2D eigenvalue weighted by Gasteiger charge is 2.40. The maximum atomic E-state index is 12.5. The molecular formula is C8H21N2OP. The lowest BCUT2D eigenvalue weighted by Gasteiger charge is -2.40. The molecule has 0 saturated carbocycles. The molecule has 4 heteroatoms. The van der Waals surface area contributed by atoms with Crippen LogP contribution in [0, 0.1) is 0 Å². The van der Waals surface area contributed by atoms with E-state index in [9.17, 15) is 4.57 Å². The smallest absolute Gasteiger partial charge is 0.220 e. The van der Waals surface area contributed by atoms with Crippen LogP contribution in [0.3, 0.4) is 0 Å². The molecule has 3 nitrogen and oxygen atoms in total. The monoisotopic (exact) mass is 192 g/mol. The van der Waals surface area contributed by atoms with Crippen LogP contribution in [0.2, 0.25) is 0 Å². The van der Waals surface area contributed by atoms with E-state index < -0.39 is 7.44 Å². The molecule has 0 bridgehead atoms. The van der Waals surface area contributed by atoms with Gasteiger partial charge in [0.25, 0.3) is 0 Å². The quantitative estimate of drug-likeness (QED) is 0.626. The highest BCUT2D eigenvalue weighted by atomic mass is 31.2. The lowest BCUT2D eigenvalue weighted by molar-refractivity contribution is 0.416. The highest BCUT2D eigenvalue weighted by Crippen LogP contribution is 2.60. The fraction of sp³-hybridized carbons (Fsp3) is 1.00. The number of rotatable bonds is 2. The molecule has 0 N–H and O–H groups in total. The number of hydrogen-bond acceptors (Lipinski definition) is 1. The molecular weight excluding hydrogens is 171 g/mol. The van der Waals surface area contributed by atoms with E-state index in [1.807, 2.05) is 58.3 Å². The zero-order chi connectivity index (χ0) is 10.2. The molecule has 0 aliphatic heterocycles. The van der Waals surface area contributed by atoms with Crippen LogP contribution in [0.25, 0.3) is 0 Å². The second-order valence-electron chi connectivity index (χ2n) is 4.41. The molecule has 0 aromatic heterocycles. The van der Waals surface area contributed by atoms with Crippen LogP contribution >= 0.6 is 7.44 Å². The van der Waals surface area contributed by atoms with Gasteiger partial charge in [0, 0.05) is 5.16 Å². The van der Waals surface area contributed by atoms with Crippen LogP contribution in [0.1, 0.15) is 20.8 Å². The standard InChI is InChI=1S/C8H21N2OP/c1-8(2,3)12(11,9(4)5)10(6)7/h1-7H3. The maximum Gasteiger partial charge on any atom is 0.220 e. The summed E-state index contributed by atoms with van der Waals surface area (Å²) < 4.78 is 16.1. The Morgan fingerprint density at radius 1 is 0.917 bits per heavy atom. The van der Waals surface area contributed by atoms with E-state index in [1.54, 1.807) is 0 Å². The Morgan fingerprint density at radius 3 is 1.17 bits per heavy atom. The van der Waals surface area contributed by atoms with E-state index in [0.717, 1.165) is 0 Å². The van der Waals surface area contributed by atoms with Crippen LogP contribution in [-0.4, -0.2) is 42.7 Å². The molecule has 0 radical (unpaired) electrons. The van der Waals surface area contributed by atoms with Crippen LogP contribution in [-0.2, 0) is 4.57 Å². The van der Waals surface area contributed by atoms with Crippen molar-refractivity contribution in [2.75, 3.05) is 28.2 Å². The molecule has 0 aliphatic carbocycles. The lowest BCUT2D eigenvalue weighted by Crippen LogP contribution is -2.33. The van der Waals surface area contributed by atoms with Crippen molar-refractivity contribution in [3.05, 3.63) is 0 Å². The molecule has 74 valence electrons. The third-order valence-electron chi connectivity index (χ3n) is 1.96. The topological polar surface area (TPSA) is 23.6 Å². The van der Waals surface area contributed by atoms with Crippen molar-refractivity contribution in [1.29, 1.82) is 0 Å². The first-order valence-corrected chi connectivity index (χ1v) is 5.71. The molecule has 0 unspecified atom stereocenters. The van der Waals surface area contributed by atoms with E-state index in [2.05, 4.69) is 0 Å². The van der Waals surface area contributed by atoms with Crippen LogP contribution in [0.4, 0.5) is 0 Å². The Morgan fingerprint density at radius 2 is 1.17 bits per heavy atom. The van der Waals surface area contributed by atoms with E-state index in [4.69, 9.17) is 0 Å². The largest absolute Gasteiger partial charge is 0.288 e. The SMILES string of the molecule is CN(C)P(=O)(N(C)C)C(C)(C)C. The first-order valence-electron chi connectivity index (χ1n) is 4.10. The molecule has 0 spiro atoms. The third kappa shape index (κ3) is 1.90. The van der Waals surface area contributed by atoms with Gasteiger partial charge in [0.2, 0.25) is 7.44 Å². The minimum atomic E-state index is -2.38. The van der Waals surface area contributed by atoms with Gasteiger partial charge in [0.05, 0.1) is 0 Å². The summed E-state index contributed by atoms with van der Waals surface area (Å²) in [7, 11) is 5.09. The van der Waals surface area contributed by atoms with Crippen molar-refractivity contribution >= 4 is 7.44 Å². The normalized spacial score (nSPS) is 14.4. The fourth-order valence-corrected chi connectivity index (χ4v) is 4.67. The van der Waals surface area contributed by atoms with E-state index in [-0.39, 0.29) is 5.16 Å². The molecule has 0 fully saturated rings. The van der Waals surface area contributed by atoms with Gasteiger partial charge in [-0.25, -0.2) is 9.34 Å². The number of hydrogen-bond donors (Lipinski definition) is 0. The van der Waals surface area contributed by atoms with Gasteiger partial charge in [-0.1, -0.05) is 20.8 Å². The van der Waals surface area contributed by atoms with Crippen molar-refractivity contribution in [3.63, 3.8) is 0 Å². The maximum absolute atomic E-state index is 12.5. The van der Waals surface area contributed by atoms with Crippen molar-refractivity contribution in [2.45, 2.75) is 25.9 Å². The molecule has 12 heavy (non-hydrogen) atoms. The summed E-state index contributed by atoms with van der Waals surface area (Å²) in [6.45, 7) is 6.02. The molecule has 0 rings (SSSR count). The van der Waals surface area contributed by atoms with Crippen molar-refractivity contribution in [2.24, 2.45) is 0 Å². The molecule has 0 aliphatic rings. The summed E-state index contributed by atoms with van der Waals surface area (Å²) in [5.41, 5.74) is 0. The summed E-state index contributed by atoms with van der Waals surface area (Å²) in [4.78, 5) is 0. The van der Waals surface area contributed by atoms with Gasteiger partial charge >= 0.3 is 0 Å². The Kier molecular flexibility index (Phi) is 3.53. The van der Waals surface area contributed by atoms with Gasteiger partial charge in [0.1, 0.15) is 0 Å². The fourth-order valence-electron chi connectivity index (χ4n) is 1.56. The Balaban J connectivity index is 5.04. The average molecular weight is 192 g/mol. The predicted molar refractivity (Wildman–Crippen MR) is 54.7 cm³/mol. The summed E-state index contributed by atoms with van der Waals surface area (Å²) in [5, 5.41) is -0.194. The minimum absolute atomic E-state index is 0.194. The van der Waals surface area contributed by atoms with Gasteiger partial charge in [-0.05, 0) is 28.2 Å². The highest BCUT2D eigenvalue weighted by molar-refractivity contribution is 7.60.